The maximum atomic E-state index is 8.74. The van der Waals surface area contributed by atoms with Gasteiger partial charge in [-0.25, -0.2) is 0 Å². The summed E-state index contributed by atoms with van der Waals surface area (Å²) in [5, 5.41) is 0. The topological polar surface area (TPSA) is 74.6 Å². The fraction of sp³-hybridized carbons (Fsp3) is 0.250. The molecule has 0 saturated carbocycles. The average molecular weight is 204 g/mol. The summed E-state index contributed by atoms with van der Waals surface area (Å²) in [6.45, 7) is 4.19. The van der Waals surface area contributed by atoms with Crippen LogP contribution in [-0.2, 0) is 10.4 Å². The molecule has 74 valence electrons. The van der Waals surface area contributed by atoms with Gasteiger partial charge in [-0.15, -0.1) is 0 Å². The molecule has 2 N–H and O–H groups in total. The summed E-state index contributed by atoms with van der Waals surface area (Å²) < 4.78 is 31.6. The zero-order valence-corrected chi connectivity index (χ0v) is 8.25. The molecular weight excluding hydrogens is 192 g/mol. The van der Waals surface area contributed by atoms with Crippen LogP contribution in [0.5, 0.6) is 0 Å². The summed E-state index contributed by atoms with van der Waals surface area (Å²) in [6.07, 6.45) is 0. The molecule has 0 aliphatic rings. The van der Waals surface area contributed by atoms with Crippen molar-refractivity contribution < 1.29 is 17.5 Å². The van der Waals surface area contributed by atoms with Crippen LogP contribution in [0.25, 0.3) is 0 Å². The molecule has 1 aromatic rings. The third-order valence-corrected chi connectivity index (χ3v) is 1.22. The second kappa shape index (κ2) is 4.96. The van der Waals surface area contributed by atoms with Crippen LogP contribution in [0.2, 0.25) is 0 Å². The Morgan fingerprint density at radius 2 is 1.08 bits per heavy atom. The summed E-state index contributed by atoms with van der Waals surface area (Å²) in [4.78, 5) is 0. The molecule has 1 rings (SSSR count). The molecule has 0 saturated heterocycles. The van der Waals surface area contributed by atoms with Gasteiger partial charge >= 0.3 is 10.4 Å². The van der Waals surface area contributed by atoms with E-state index in [2.05, 4.69) is 38.1 Å². The minimum Gasteiger partial charge on any atom is -0.264 e. The van der Waals surface area contributed by atoms with Gasteiger partial charge in [0.15, 0.2) is 0 Å². The van der Waals surface area contributed by atoms with Crippen molar-refractivity contribution in [1.29, 1.82) is 0 Å². The molecule has 0 fully saturated rings. The fourth-order valence-electron chi connectivity index (χ4n) is 0.637. The van der Waals surface area contributed by atoms with E-state index in [1.54, 1.807) is 0 Å². The van der Waals surface area contributed by atoms with E-state index in [4.69, 9.17) is 17.5 Å². The number of hydrogen-bond acceptors (Lipinski definition) is 2. The lowest BCUT2D eigenvalue weighted by molar-refractivity contribution is 0.381. The Bertz CT molecular complexity index is 310. The average Bonchev–Trinajstić information content (AvgIpc) is 1.92. The van der Waals surface area contributed by atoms with Gasteiger partial charge in [0.1, 0.15) is 0 Å². The highest BCUT2D eigenvalue weighted by molar-refractivity contribution is 7.79. The predicted octanol–water partition coefficient (Wildman–Crippen LogP) is 1.65. The van der Waals surface area contributed by atoms with Crippen LogP contribution in [0, 0.1) is 13.8 Å². The summed E-state index contributed by atoms with van der Waals surface area (Å²) in [5.74, 6) is 0. The van der Waals surface area contributed by atoms with Gasteiger partial charge in [0.25, 0.3) is 0 Å². The van der Waals surface area contributed by atoms with Crippen LogP contribution in [-0.4, -0.2) is 17.5 Å². The molecule has 0 aromatic heterocycles. The molecule has 0 atom stereocenters. The minimum absolute atomic E-state index is 1.33. The molecule has 5 heteroatoms. The van der Waals surface area contributed by atoms with Crippen LogP contribution in [0.4, 0.5) is 0 Å². The zero-order chi connectivity index (χ0) is 10.5. The van der Waals surface area contributed by atoms with Gasteiger partial charge in [-0.1, -0.05) is 35.4 Å². The van der Waals surface area contributed by atoms with Crippen LogP contribution >= 0.6 is 0 Å². The molecule has 0 bridgehead atoms. The molecule has 0 aliphatic heterocycles. The van der Waals surface area contributed by atoms with Gasteiger partial charge in [-0.05, 0) is 13.8 Å². The Morgan fingerprint density at radius 3 is 1.23 bits per heavy atom. The highest BCUT2D eigenvalue weighted by Crippen LogP contribution is 1.99. The first-order valence-electron chi connectivity index (χ1n) is 3.52. The van der Waals surface area contributed by atoms with Crippen molar-refractivity contribution in [2.45, 2.75) is 13.8 Å². The Labute approximate surface area is 77.8 Å². The first-order chi connectivity index (χ1) is 5.79. The lowest BCUT2D eigenvalue weighted by Gasteiger charge is -1.90. The van der Waals surface area contributed by atoms with E-state index in [0.29, 0.717) is 0 Å². The van der Waals surface area contributed by atoms with Crippen molar-refractivity contribution in [2.75, 3.05) is 0 Å². The zero-order valence-electron chi connectivity index (χ0n) is 7.43. The van der Waals surface area contributed by atoms with Crippen LogP contribution in [0.3, 0.4) is 0 Å². The Hall–Kier alpha value is -0.910. The maximum Gasteiger partial charge on any atom is 0.394 e. The molecule has 0 spiro atoms. The Kier molecular flexibility index (Phi) is 4.61. The molecule has 13 heavy (non-hydrogen) atoms. The van der Waals surface area contributed by atoms with E-state index in [-0.39, 0.29) is 0 Å². The highest BCUT2D eigenvalue weighted by atomic mass is 32.3. The van der Waals surface area contributed by atoms with E-state index < -0.39 is 10.4 Å². The number of hydrogen-bond donors (Lipinski definition) is 2. The quantitative estimate of drug-likeness (QED) is 0.630. The largest absolute Gasteiger partial charge is 0.394 e. The SMILES string of the molecule is Cc1ccc(C)cc1.O=S(=O)(O)O. The van der Waals surface area contributed by atoms with Crippen molar-refractivity contribution in [3.8, 4) is 0 Å². The van der Waals surface area contributed by atoms with Gasteiger partial charge in [0.2, 0.25) is 0 Å². The van der Waals surface area contributed by atoms with E-state index in [1.807, 2.05) is 0 Å². The fourth-order valence-corrected chi connectivity index (χ4v) is 0.637. The Morgan fingerprint density at radius 1 is 0.923 bits per heavy atom. The molecule has 0 radical (unpaired) electrons. The monoisotopic (exact) mass is 204 g/mol. The van der Waals surface area contributed by atoms with Crippen molar-refractivity contribution in [3.05, 3.63) is 35.4 Å². The third kappa shape index (κ3) is 11.1. The predicted molar refractivity (Wildman–Crippen MR) is 50.1 cm³/mol. The summed E-state index contributed by atoms with van der Waals surface area (Å²) in [5.41, 5.74) is 2.66. The van der Waals surface area contributed by atoms with Gasteiger partial charge in [-0.3, -0.25) is 9.11 Å². The number of benzene rings is 1. The van der Waals surface area contributed by atoms with Crippen LogP contribution < -0.4 is 0 Å². The van der Waals surface area contributed by atoms with Gasteiger partial charge in [-0.2, -0.15) is 8.42 Å². The van der Waals surface area contributed by atoms with E-state index >= 15 is 0 Å². The number of aryl methyl sites for hydroxylation is 2. The first-order valence-corrected chi connectivity index (χ1v) is 4.92. The van der Waals surface area contributed by atoms with Crippen LogP contribution in [0.1, 0.15) is 11.1 Å². The standard InChI is InChI=1S/C8H10.H2O4S/c1-7-3-5-8(2)6-4-7;1-5(2,3)4/h3-6H,1-2H3;(H2,1,2,3,4). The van der Waals surface area contributed by atoms with E-state index in [0.717, 1.165) is 0 Å². The first kappa shape index (κ1) is 12.1. The lowest BCUT2D eigenvalue weighted by Crippen LogP contribution is -1.89. The summed E-state index contributed by atoms with van der Waals surface area (Å²) >= 11 is 0. The summed E-state index contributed by atoms with van der Waals surface area (Å²) in [7, 11) is -4.67. The minimum atomic E-state index is -4.67. The van der Waals surface area contributed by atoms with E-state index in [9.17, 15) is 0 Å². The second-order valence-corrected chi connectivity index (χ2v) is 3.50. The van der Waals surface area contributed by atoms with Crippen molar-refractivity contribution in [2.24, 2.45) is 0 Å². The molecule has 4 nitrogen and oxygen atoms in total. The van der Waals surface area contributed by atoms with Crippen molar-refractivity contribution in [3.63, 3.8) is 0 Å². The third-order valence-electron chi connectivity index (χ3n) is 1.22. The van der Waals surface area contributed by atoms with Gasteiger partial charge in [0, 0.05) is 0 Å². The van der Waals surface area contributed by atoms with Crippen molar-refractivity contribution in [1.82, 2.24) is 0 Å². The molecule has 0 amide bonds. The molecular formula is C8H12O4S. The highest BCUT2D eigenvalue weighted by Gasteiger charge is 1.84. The lowest BCUT2D eigenvalue weighted by atomic mass is 10.2. The Balaban J connectivity index is 0.000000252. The van der Waals surface area contributed by atoms with Crippen LogP contribution in [0.15, 0.2) is 24.3 Å². The maximum absolute atomic E-state index is 8.74. The van der Waals surface area contributed by atoms with Gasteiger partial charge in [0.05, 0.1) is 0 Å². The smallest absolute Gasteiger partial charge is 0.264 e. The second-order valence-electron chi connectivity index (χ2n) is 2.60. The van der Waals surface area contributed by atoms with Crippen molar-refractivity contribution >= 4 is 10.4 Å². The normalized spacial score (nSPS) is 10.2. The molecule has 0 aliphatic carbocycles. The molecule has 1 aromatic carbocycles. The molecule has 0 heterocycles. The van der Waals surface area contributed by atoms with E-state index in [1.165, 1.54) is 11.1 Å². The number of rotatable bonds is 0. The van der Waals surface area contributed by atoms with Gasteiger partial charge < -0.3 is 0 Å². The molecule has 0 unspecified atom stereocenters. The summed E-state index contributed by atoms with van der Waals surface area (Å²) in [6, 6.07) is 8.48.